The van der Waals surface area contributed by atoms with Crippen LogP contribution in [0.2, 0.25) is 0 Å². The van der Waals surface area contributed by atoms with Gasteiger partial charge in [0.15, 0.2) is 22.7 Å². The zero-order chi connectivity index (χ0) is 19.5. The maximum atomic E-state index is 12.6. The molecule has 2 aliphatic rings. The van der Waals surface area contributed by atoms with Crippen molar-refractivity contribution in [2.24, 2.45) is 14.1 Å². The van der Waals surface area contributed by atoms with Gasteiger partial charge in [-0.3, -0.25) is 28.3 Å². The number of fused-ring (bicyclic) bond motifs is 2. The molecule has 4 rings (SSSR count). The molecule has 0 aliphatic carbocycles. The second kappa shape index (κ2) is 5.59. The van der Waals surface area contributed by atoms with Gasteiger partial charge in [0.05, 0.1) is 0 Å². The Morgan fingerprint density at radius 3 is 2.22 bits per heavy atom. The van der Waals surface area contributed by atoms with Crippen molar-refractivity contribution in [3.8, 4) is 17.2 Å². The first-order valence-electron chi connectivity index (χ1n) is 7.99. The van der Waals surface area contributed by atoms with Crippen molar-refractivity contribution >= 4 is 11.2 Å². The van der Waals surface area contributed by atoms with Gasteiger partial charge in [-0.25, -0.2) is 14.6 Å². The molecule has 0 bridgehead atoms. The molecule has 1 aromatic heterocycles. The number of aryl methyl sites for hydroxylation is 1. The third-order valence-corrected chi connectivity index (χ3v) is 4.42. The lowest BCUT2D eigenvalue weighted by atomic mass is 10.2. The van der Waals surface area contributed by atoms with Crippen LogP contribution in [0, 0.1) is 6.92 Å². The van der Waals surface area contributed by atoms with Crippen molar-refractivity contribution in [1.82, 2.24) is 28.7 Å². The molecule has 0 amide bonds. The summed E-state index contributed by atoms with van der Waals surface area (Å²) in [6.45, 7) is 1.90. The first kappa shape index (κ1) is 16.6. The number of nitrogens with zero attached hydrogens (tertiary/aromatic N) is 5. The van der Waals surface area contributed by atoms with Gasteiger partial charge in [0.2, 0.25) is 0 Å². The number of hydrogen-bond acceptors (Lipinski definition) is 6. The first-order valence-corrected chi connectivity index (χ1v) is 7.99. The Kier molecular flexibility index (Phi) is 3.45. The predicted molar refractivity (Wildman–Crippen MR) is 97.6 cm³/mol. The molecule has 0 radical (unpaired) electrons. The number of hydrogen-bond donors (Lipinski definition) is 1. The molecular weight excluding hydrogens is 352 g/mol. The number of rotatable bonds is 1. The van der Waals surface area contributed by atoms with Gasteiger partial charge in [-0.2, -0.15) is 4.98 Å². The second-order valence-corrected chi connectivity index (χ2v) is 6.21. The molecule has 3 heterocycles. The van der Waals surface area contributed by atoms with Crippen LogP contribution in [0.1, 0.15) is 5.56 Å². The molecule has 1 N–H and O–H groups in total. The molecule has 2 aromatic rings. The van der Waals surface area contributed by atoms with Gasteiger partial charge >= 0.3 is 11.4 Å². The number of nitrogens with one attached hydrogen (secondary N) is 1. The normalized spacial score (nSPS) is 11.4. The van der Waals surface area contributed by atoms with Crippen LogP contribution in [0.3, 0.4) is 0 Å². The van der Waals surface area contributed by atoms with Crippen molar-refractivity contribution in [2.75, 3.05) is 0 Å². The summed E-state index contributed by atoms with van der Waals surface area (Å²) in [6, 6.07) is 7.10. The van der Waals surface area contributed by atoms with Crippen molar-refractivity contribution in [2.45, 2.75) is 6.92 Å². The maximum absolute atomic E-state index is 12.6. The highest BCUT2D eigenvalue weighted by molar-refractivity contribution is 5.77. The third kappa shape index (κ3) is 2.34. The highest BCUT2D eigenvalue weighted by Crippen LogP contribution is 2.22. The van der Waals surface area contributed by atoms with Gasteiger partial charge in [-0.15, -0.1) is 0 Å². The fourth-order valence-corrected chi connectivity index (χ4v) is 2.84. The summed E-state index contributed by atoms with van der Waals surface area (Å²) >= 11 is 0. The molecule has 0 atom stereocenters. The van der Waals surface area contributed by atoms with E-state index in [0.29, 0.717) is 5.69 Å². The van der Waals surface area contributed by atoms with E-state index in [0.717, 1.165) is 14.7 Å². The number of benzene rings is 1. The zero-order valence-corrected chi connectivity index (χ0v) is 14.7. The van der Waals surface area contributed by atoms with Crippen molar-refractivity contribution in [3.63, 3.8) is 0 Å². The van der Waals surface area contributed by atoms with Crippen LogP contribution in [0.15, 0.2) is 43.4 Å². The van der Waals surface area contributed by atoms with E-state index in [-0.39, 0.29) is 22.7 Å². The molecule has 10 heteroatoms. The van der Waals surface area contributed by atoms with E-state index in [2.05, 4.69) is 15.0 Å². The number of H-pyrrole nitrogens is 1. The molecule has 0 unspecified atom stereocenters. The summed E-state index contributed by atoms with van der Waals surface area (Å²) in [4.78, 5) is 60.0. The van der Waals surface area contributed by atoms with Gasteiger partial charge in [0, 0.05) is 19.8 Å². The Morgan fingerprint density at radius 2 is 1.56 bits per heavy atom. The summed E-state index contributed by atoms with van der Waals surface area (Å²) in [7, 11) is 2.59. The molecule has 2 aliphatic heterocycles. The van der Waals surface area contributed by atoms with E-state index < -0.39 is 22.5 Å². The summed E-state index contributed by atoms with van der Waals surface area (Å²) < 4.78 is 3.07. The van der Waals surface area contributed by atoms with E-state index >= 15 is 0 Å². The standard InChI is InChI=1S/C17H14N6O4/c1-8-4-6-9(7-5-8)23-12-10(14(24)21(2)16(26)19-12)18-11-13(23)20-17(27)22(3)15(11)25/h4-7H,1-3H3,(H,19,26). The second-order valence-electron chi connectivity index (χ2n) is 6.21. The molecule has 0 fully saturated rings. The van der Waals surface area contributed by atoms with E-state index in [1.807, 2.05) is 19.1 Å². The zero-order valence-electron chi connectivity index (χ0n) is 14.7. The maximum Gasteiger partial charge on any atom is 0.352 e. The van der Waals surface area contributed by atoms with Crippen LogP contribution in [-0.2, 0) is 14.1 Å². The van der Waals surface area contributed by atoms with Crippen LogP contribution < -0.4 is 22.5 Å². The van der Waals surface area contributed by atoms with E-state index in [9.17, 15) is 19.2 Å². The Balaban J connectivity index is 2.35. The fourth-order valence-electron chi connectivity index (χ4n) is 2.84. The first-order chi connectivity index (χ1) is 12.8. The fraction of sp³-hybridized carbons (Fsp3) is 0.176. The average Bonchev–Trinajstić information content (AvgIpc) is 2.65. The van der Waals surface area contributed by atoms with Crippen LogP contribution in [0.25, 0.3) is 28.4 Å². The van der Waals surface area contributed by atoms with Crippen molar-refractivity contribution < 1.29 is 0 Å². The minimum atomic E-state index is -0.763. The number of aromatic nitrogens is 6. The summed E-state index contributed by atoms with van der Waals surface area (Å²) in [6.07, 6.45) is 0. The van der Waals surface area contributed by atoms with E-state index in [1.165, 1.54) is 18.7 Å². The molecular formula is C17H14N6O4. The minimum Gasteiger partial charge on any atom is -0.291 e. The van der Waals surface area contributed by atoms with Gasteiger partial charge in [0.25, 0.3) is 11.1 Å². The average molecular weight is 366 g/mol. The quantitative estimate of drug-likeness (QED) is 0.443. The SMILES string of the molecule is Cc1ccc(-n2c3nc(=O)n(C)c(=O)c-3nc3c(=O)n(C)c(=O)[nH]c32)cc1. The molecule has 0 saturated heterocycles. The van der Waals surface area contributed by atoms with Crippen LogP contribution in [0.4, 0.5) is 0 Å². The lowest BCUT2D eigenvalue weighted by Crippen LogP contribution is -2.39. The topological polar surface area (TPSA) is 125 Å². The molecule has 27 heavy (non-hydrogen) atoms. The van der Waals surface area contributed by atoms with Crippen molar-refractivity contribution in [1.29, 1.82) is 0 Å². The van der Waals surface area contributed by atoms with Crippen LogP contribution >= 0.6 is 0 Å². The summed E-state index contributed by atoms with van der Waals surface area (Å²) in [5.41, 5.74) is -1.45. The van der Waals surface area contributed by atoms with Crippen LogP contribution in [0.5, 0.6) is 0 Å². The number of aromatic amines is 1. The highest BCUT2D eigenvalue weighted by atomic mass is 16.2. The van der Waals surface area contributed by atoms with Gasteiger partial charge in [0.1, 0.15) is 0 Å². The minimum absolute atomic E-state index is 0.0386. The molecule has 10 nitrogen and oxygen atoms in total. The summed E-state index contributed by atoms with van der Waals surface area (Å²) in [5.74, 6) is -0.0386. The Morgan fingerprint density at radius 1 is 0.889 bits per heavy atom. The Labute approximate surface area is 150 Å². The van der Waals surface area contributed by atoms with Crippen LogP contribution in [-0.4, -0.2) is 28.7 Å². The molecule has 0 saturated carbocycles. The van der Waals surface area contributed by atoms with Gasteiger partial charge in [-0.1, -0.05) is 17.7 Å². The predicted octanol–water partition coefficient (Wildman–Crippen LogP) is -0.720. The lowest BCUT2D eigenvalue weighted by Gasteiger charge is -2.17. The third-order valence-electron chi connectivity index (χ3n) is 4.42. The lowest BCUT2D eigenvalue weighted by molar-refractivity contribution is 0.748. The monoisotopic (exact) mass is 366 g/mol. The van der Waals surface area contributed by atoms with E-state index in [4.69, 9.17) is 0 Å². The summed E-state index contributed by atoms with van der Waals surface area (Å²) in [5, 5.41) is 0. The highest BCUT2D eigenvalue weighted by Gasteiger charge is 2.23. The Bertz CT molecular complexity index is 1410. The molecule has 0 spiro atoms. The van der Waals surface area contributed by atoms with Crippen molar-refractivity contribution in [3.05, 3.63) is 71.5 Å². The largest absolute Gasteiger partial charge is 0.352 e. The smallest absolute Gasteiger partial charge is 0.291 e. The molecule has 1 aromatic carbocycles. The molecule has 136 valence electrons. The Hall–Kier alpha value is -3.82. The van der Waals surface area contributed by atoms with Gasteiger partial charge < -0.3 is 0 Å². The van der Waals surface area contributed by atoms with E-state index in [1.54, 1.807) is 12.1 Å². The van der Waals surface area contributed by atoms with Gasteiger partial charge in [-0.05, 0) is 19.1 Å².